The molecule has 0 spiro atoms. The van der Waals surface area contributed by atoms with Gasteiger partial charge in [-0.3, -0.25) is 4.98 Å². The molecule has 0 unspecified atom stereocenters. The Bertz CT molecular complexity index is 3530. The van der Waals surface area contributed by atoms with Gasteiger partial charge in [0, 0.05) is 41.5 Å². The Hall–Kier alpha value is -6.39. The van der Waals surface area contributed by atoms with Crippen LogP contribution in [0.1, 0.15) is 116 Å². The third-order valence-corrected chi connectivity index (χ3v) is 12.6. The van der Waals surface area contributed by atoms with Crippen LogP contribution in [-0.2, 0) is 30.9 Å². The van der Waals surface area contributed by atoms with Crippen LogP contribution in [-0.4, -0.2) is 14.5 Å². The van der Waals surface area contributed by atoms with Crippen LogP contribution in [0.5, 0.6) is 0 Å². The summed E-state index contributed by atoms with van der Waals surface area (Å²) in [5.41, 5.74) is 14.5. The molecular weight excluding hydrogens is 1010 g/mol. The Labute approximate surface area is 423 Å². The van der Waals surface area contributed by atoms with Gasteiger partial charge in [-0.2, -0.15) is 0 Å². The summed E-state index contributed by atoms with van der Waals surface area (Å²) >= 11 is 0. The molecule has 0 bridgehead atoms. The maximum atomic E-state index is 8.61. The summed E-state index contributed by atoms with van der Waals surface area (Å²) in [4.78, 5) is 9.65. The average molecular weight is 1070 g/mol. The first-order valence-electron chi connectivity index (χ1n) is 25.8. The number of imidazole rings is 1. The van der Waals surface area contributed by atoms with Gasteiger partial charge in [0.15, 0.2) is 0 Å². The van der Waals surface area contributed by atoms with Crippen LogP contribution in [0.3, 0.4) is 0 Å². The molecule has 0 N–H and O–H groups in total. The average Bonchev–Trinajstić information content (AvgIpc) is 3.92. The molecule has 3 aromatic heterocycles. The van der Waals surface area contributed by atoms with Crippen molar-refractivity contribution in [3.8, 4) is 50.6 Å². The number of hydrogen-bond acceptors (Lipinski definition) is 3. The van der Waals surface area contributed by atoms with Crippen LogP contribution in [0, 0.1) is 19.0 Å². The number of aromatic nitrogens is 3. The predicted molar refractivity (Wildman–Crippen MR) is 282 cm³/mol. The van der Waals surface area contributed by atoms with Crippen molar-refractivity contribution in [2.24, 2.45) is 0 Å². The third-order valence-electron chi connectivity index (χ3n) is 12.6. The van der Waals surface area contributed by atoms with Gasteiger partial charge < -0.3 is 14.0 Å². The van der Waals surface area contributed by atoms with Gasteiger partial charge in [0.2, 0.25) is 0 Å². The van der Waals surface area contributed by atoms with Crippen LogP contribution in [0.15, 0.2) is 162 Å². The Morgan fingerprint density at radius 1 is 0.632 bits per heavy atom. The van der Waals surface area contributed by atoms with E-state index >= 15 is 0 Å². The first kappa shape index (κ1) is 41.8. The Balaban J connectivity index is 0.000000260. The number of hydrogen-bond donors (Lipinski definition) is 0. The maximum Gasteiger partial charge on any atom is 0.124 e. The van der Waals surface area contributed by atoms with Crippen molar-refractivity contribution in [3.63, 3.8) is 0 Å². The fraction of sp³-hybridized carbons (Fsp3) is 0.238. The molecule has 3 heterocycles. The van der Waals surface area contributed by atoms with Gasteiger partial charge in [0.1, 0.15) is 5.58 Å². The second kappa shape index (κ2) is 19.3. The molecule has 10 rings (SSSR count). The minimum absolute atomic E-state index is 0. The van der Waals surface area contributed by atoms with E-state index in [1.54, 1.807) is 12.3 Å². The zero-order chi connectivity index (χ0) is 51.4. The van der Waals surface area contributed by atoms with Crippen LogP contribution >= 0.6 is 0 Å². The topological polar surface area (TPSA) is 43.9 Å². The molecule has 0 amide bonds. The molecule has 1 radical (unpaired) electrons. The summed E-state index contributed by atoms with van der Waals surface area (Å²) in [6, 6.07) is 54.0. The Morgan fingerprint density at radius 3 is 1.90 bits per heavy atom. The number of rotatable bonds is 7. The fourth-order valence-electron chi connectivity index (χ4n) is 8.83. The largest absolute Gasteiger partial charge is 0.500 e. The second-order valence-electron chi connectivity index (χ2n) is 20.1. The van der Waals surface area contributed by atoms with E-state index in [-0.39, 0.29) is 48.3 Å². The van der Waals surface area contributed by atoms with Gasteiger partial charge >= 0.3 is 0 Å². The minimum atomic E-state index is -2.41. The van der Waals surface area contributed by atoms with Gasteiger partial charge in [-0.15, -0.1) is 53.6 Å². The fourth-order valence-corrected chi connectivity index (χ4v) is 8.83. The number of fused-ring (bicyclic) bond motifs is 4. The molecule has 4 nitrogen and oxygen atoms in total. The molecule has 0 fully saturated rings. The predicted octanol–water partition coefficient (Wildman–Crippen LogP) is 17.4. The summed E-state index contributed by atoms with van der Waals surface area (Å²) in [5, 5.41) is 1.58. The van der Waals surface area contributed by atoms with Crippen LogP contribution in [0.4, 0.5) is 0 Å². The van der Waals surface area contributed by atoms with E-state index in [0.29, 0.717) is 40.2 Å². The molecule has 0 saturated heterocycles. The number of aryl methyl sites for hydroxylation is 1. The van der Waals surface area contributed by atoms with Crippen LogP contribution in [0.2, 0.25) is 0 Å². The first-order valence-corrected chi connectivity index (χ1v) is 23.3. The van der Waals surface area contributed by atoms with E-state index < -0.39 is 6.85 Å². The molecule has 0 saturated carbocycles. The molecule has 345 valence electrons. The van der Waals surface area contributed by atoms with Gasteiger partial charge in [0.25, 0.3) is 0 Å². The number of benzene rings is 7. The Morgan fingerprint density at radius 2 is 1.25 bits per heavy atom. The summed E-state index contributed by atoms with van der Waals surface area (Å²) in [6.45, 7) is 19.2. The molecule has 0 aliphatic carbocycles. The van der Waals surface area contributed by atoms with E-state index in [1.807, 2.05) is 91.0 Å². The van der Waals surface area contributed by atoms with Crippen molar-refractivity contribution in [3.05, 3.63) is 198 Å². The molecule has 5 heteroatoms. The summed E-state index contributed by atoms with van der Waals surface area (Å²) in [5.74, 6) is 1.12. The monoisotopic (exact) mass is 1070 g/mol. The number of nitrogens with zero attached hydrogens (tertiary/aromatic N) is 3. The van der Waals surface area contributed by atoms with Gasteiger partial charge in [-0.25, -0.2) is 0 Å². The molecule has 68 heavy (non-hydrogen) atoms. The molecule has 10 aromatic rings. The standard InChI is InChI=1S/C44H37N2O.C19H24N.Ir/c1-27(2)37-25-32(30-15-8-6-9-16-30)26-38(28(3)4)41(37)46-40-22-13-12-21-39(40)45-44(46)36-20-14-19-34-35-24-23-33(31-17-10-7-11-18-31)29(5)42(35)47-43(34)36;1-18(2,3)15-9-7-8-14(12-15)17-13-16(10-11-20-17)19(4,5)6;/h6-19,21-28H,1-5H3;7,9-13H,1-6H3;/q2*-1;/i5D3;9D,10D;. The minimum Gasteiger partial charge on any atom is -0.500 e. The SMILES string of the molecule is [2H]C([2H])([2H])c1c(-c2ccccc2)ccc2c1oc1c(-c3nc4ccccc4n3-c3c(C(C)C)cc(-c4ccccc4)cc3C(C)C)[c-]ccc12.[2H]c1c[c-]c(-c2cc(C(C)(C)C)c([2H])cn2)cc1C(C)(C)C.[Ir]. The summed E-state index contributed by atoms with van der Waals surface area (Å²) < 4.78 is 51.0. The summed E-state index contributed by atoms with van der Waals surface area (Å²) in [7, 11) is 0. The molecule has 7 aromatic carbocycles. The van der Waals surface area contributed by atoms with Crippen molar-refractivity contribution in [2.75, 3.05) is 0 Å². The Kier molecular flexibility index (Phi) is 11.9. The van der Waals surface area contributed by atoms with Crippen molar-refractivity contribution in [1.29, 1.82) is 0 Å². The van der Waals surface area contributed by atoms with Crippen molar-refractivity contribution in [2.45, 2.75) is 98.8 Å². The van der Waals surface area contributed by atoms with Gasteiger partial charge in [-0.05, 0) is 111 Å². The normalized spacial score (nSPS) is 13.1. The first-order chi connectivity index (χ1) is 34.1. The van der Waals surface area contributed by atoms with E-state index in [2.05, 4.69) is 133 Å². The smallest absolute Gasteiger partial charge is 0.124 e. The zero-order valence-electron chi connectivity index (χ0n) is 45.6. The van der Waals surface area contributed by atoms with Crippen LogP contribution < -0.4 is 0 Å². The zero-order valence-corrected chi connectivity index (χ0v) is 43.0. The van der Waals surface area contributed by atoms with Crippen molar-refractivity contribution >= 4 is 33.0 Å². The van der Waals surface area contributed by atoms with E-state index in [9.17, 15) is 0 Å². The second-order valence-corrected chi connectivity index (χ2v) is 20.1. The van der Waals surface area contributed by atoms with Crippen LogP contribution in [0.25, 0.3) is 83.6 Å². The number of furan rings is 1. The summed E-state index contributed by atoms with van der Waals surface area (Å²) in [6.07, 6.45) is 1.61. The third kappa shape index (κ3) is 9.40. The van der Waals surface area contributed by atoms with Crippen molar-refractivity contribution < 1.29 is 31.4 Å². The molecule has 0 aliphatic heterocycles. The number of pyridine rings is 1. The maximum absolute atomic E-state index is 8.61. The van der Waals surface area contributed by atoms with E-state index in [0.717, 1.165) is 55.4 Å². The molecule has 0 atom stereocenters. The molecular formula is C63H61IrN3O-2. The van der Waals surface area contributed by atoms with Gasteiger partial charge in [-0.1, -0.05) is 171 Å². The van der Waals surface area contributed by atoms with Gasteiger partial charge in [0.05, 0.1) is 23.8 Å². The van der Waals surface area contributed by atoms with E-state index in [1.165, 1.54) is 22.3 Å². The quantitative estimate of drug-likeness (QED) is 0.149. The number of para-hydroxylation sites is 2. The molecule has 0 aliphatic rings. The van der Waals surface area contributed by atoms with E-state index in [4.69, 9.17) is 16.3 Å². The van der Waals surface area contributed by atoms with Crippen molar-refractivity contribution in [1.82, 2.24) is 14.5 Å².